The van der Waals surface area contributed by atoms with Crippen molar-refractivity contribution in [2.24, 2.45) is 0 Å². The van der Waals surface area contributed by atoms with Gasteiger partial charge in [0.2, 0.25) is 5.91 Å². The molecule has 1 N–H and O–H groups in total. The maximum Gasteiger partial charge on any atom is 0.244 e. The number of hydrogen-bond acceptors (Lipinski definition) is 6. The predicted molar refractivity (Wildman–Crippen MR) is 105 cm³/mol. The SMILES string of the molecule is COc1cc(/C=C/C(=O)NCCOc2ccccc2OC)ccc1OCC#N. The Morgan fingerprint density at radius 1 is 1.04 bits per heavy atom. The second-order valence-corrected chi connectivity index (χ2v) is 5.48. The topological polar surface area (TPSA) is 89.8 Å². The quantitative estimate of drug-likeness (QED) is 0.502. The van der Waals surface area contributed by atoms with E-state index in [0.717, 1.165) is 5.56 Å². The number of carbonyl (C=O) groups excluding carboxylic acids is 1. The van der Waals surface area contributed by atoms with Crippen LogP contribution in [0.1, 0.15) is 5.56 Å². The third-order valence-electron chi connectivity index (χ3n) is 3.63. The maximum atomic E-state index is 11.9. The smallest absolute Gasteiger partial charge is 0.244 e. The molecule has 0 atom stereocenters. The Morgan fingerprint density at radius 3 is 2.46 bits per heavy atom. The van der Waals surface area contributed by atoms with Crippen molar-refractivity contribution < 1.29 is 23.7 Å². The minimum Gasteiger partial charge on any atom is -0.493 e. The number of para-hydroxylation sites is 2. The first-order valence-electron chi connectivity index (χ1n) is 8.57. The van der Waals surface area contributed by atoms with Gasteiger partial charge in [0.15, 0.2) is 29.6 Å². The molecule has 2 rings (SSSR count). The summed E-state index contributed by atoms with van der Waals surface area (Å²) < 4.78 is 21.3. The molecule has 0 unspecified atom stereocenters. The third kappa shape index (κ3) is 6.25. The number of benzene rings is 2. The molecular formula is C21H22N2O5. The van der Waals surface area contributed by atoms with Crippen LogP contribution < -0.4 is 24.3 Å². The van der Waals surface area contributed by atoms with Gasteiger partial charge in [-0.25, -0.2) is 0 Å². The van der Waals surface area contributed by atoms with Crippen LogP contribution in [0, 0.1) is 11.3 Å². The third-order valence-corrected chi connectivity index (χ3v) is 3.63. The van der Waals surface area contributed by atoms with Crippen molar-refractivity contribution in [1.82, 2.24) is 5.32 Å². The summed E-state index contributed by atoms with van der Waals surface area (Å²) in [5, 5.41) is 11.3. The first-order chi connectivity index (χ1) is 13.7. The summed E-state index contributed by atoms with van der Waals surface area (Å²) in [4.78, 5) is 11.9. The Balaban J connectivity index is 1.82. The lowest BCUT2D eigenvalue weighted by atomic mass is 10.2. The van der Waals surface area contributed by atoms with E-state index < -0.39 is 0 Å². The molecule has 0 saturated carbocycles. The Kier molecular flexibility index (Phi) is 8.21. The van der Waals surface area contributed by atoms with Crippen LogP contribution in [0.3, 0.4) is 0 Å². The number of amides is 1. The molecule has 0 saturated heterocycles. The molecular weight excluding hydrogens is 360 g/mol. The van der Waals surface area contributed by atoms with Crippen LogP contribution in [0.15, 0.2) is 48.5 Å². The summed E-state index contributed by atoms with van der Waals surface area (Å²) in [6.45, 7) is 0.606. The normalized spacial score (nSPS) is 10.2. The maximum absolute atomic E-state index is 11.9. The zero-order valence-corrected chi connectivity index (χ0v) is 15.8. The molecule has 2 aromatic carbocycles. The minimum absolute atomic E-state index is 0.0646. The molecule has 28 heavy (non-hydrogen) atoms. The molecule has 0 aliphatic carbocycles. The number of rotatable bonds is 10. The highest BCUT2D eigenvalue weighted by atomic mass is 16.5. The number of methoxy groups -OCH3 is 2. The summed E-state index contributed by atoms with van der Waals surface area (Å²) in [6.07, 6.45) is 3.08. The summed E-state index contributed by atoms with van der Waals surface area (Å²) in [6, 6.07) is 14.4. The van der Waals surface area contributed by atoms with Crippen LogP contribution >= 0.6 is 0 Å². The summed E-state index contributed by atoms with van der Waals surface area (Å²) in [7, 11) is 3.09. The van der Waals surface area contributed by atoms with Gasteiger partial charge in [-0.15, -0.1) is 0 Å². The van der Waals surface area contributed by atoms with Gasteiger partial charge in [0.25, 0.3) is 0 Å². The first kappa shape index (κ1) is 20.6. The van der Waals surface area contributed by atoms with Crippen molar-refractivity contribution in [2.75, 3.05) is 34.0 Å². The van der Waals surface area contributed by atoms with Crippen molar-refractivity contribution in [3.8, 4) is 29.1 Å². The van der Waals surface area contributed by atoms with Crippen LogP contribution in [-0.4, -0.2) is 39.9 Å². The number of nitriles is 1. The lowest BCUT2D eigenvalue weighted by Crippen LogP contribution is -2.26. The Morgan fingerprint density at radius 2 is 1.75 bits per heavy atom. The second kappa shape index (κ2) is 11.1. The zero-order chi connectivity index (χ0) is 20.2. The molecule has 2 aromatic rings. The minimum atomic E-state index is -0.243. The van der Waals surface area contributed by atoms with Crippen LogP contribution in [0.5, 0.6) is 23.0 Å². The molecule has 7 heteroatoms. The van der Waals surface area contributed by atoms with E-state index in [9.17, 15) is 4.79 Å². The van der Waals surface area contributed by atoms with Crippen LogP contribution in [0.2, 0.25) is 0 Å². The van der Waals surface area contributed by atoms with Gasteiger partial charge in [-0.3, -0.25) is 4.79 Å². The van der Waals surface area contributed by atoms with Crippen molar-refractivity contribution >= 4 is 12.0 Å². The highest BCUT2D eigenvalue weighted by Gasteiger charge is 2.05. The summed E-state index contributed by atoms with van der Waals surface area (Å²) in [5.41, 5.74) is 0.765. The largest absolute Gasteiger partial charge is 0.493 e. The Labute approximate surface area is 164 Å². The predicted octanol–water partition coefficient (Wildman–Crippen LogP) is 2.81. The van der Waals surface area contributed by atoms with E-state index in [4.69, 9.17) is 24.2 Å². The number of hydrogen-bond donors (Lipinski definition) is 1. The van der Waals surface area contributed by atoms with Gasteiger partial charge >= 0.3 is 0 Å². The van der Waals surface area contributed by atoms with E-state index in [1.807, 2.05) is 24.3 Å². The van der Waals surface area contributed by atoms with Gasteiger partial charge in [-0.1, -0.05) is 18.2 Å². The number of nitrogens with one attached hydrogen (secondary N) is 1. The summed E-state index contributed by atoms with van der Waals surface area (Å²) in [5.74, 6) is 1.99. The summed E-state index contributed by atoms with van der Waals surface area (Å²) >= 11 is 0. The first-order valence-corrected chi connectivity index (χ1v) is 8.57. The van der Waals surface area contributed by atoms with Gasteiger partial charge in [-0.05, 0) is 35.9 Å². The average Bonchev–Trinajstić information content (AvgIpc) is 2.74. The second-order valence-electron chi connectivity index (χ2n) is 5.48. The highest BCUT2D eigenvalue weighted by Crippen LogP contribution is 2.28. The van der Waals surface area contributed by atoms with Gasteiger partial charge in [-0.2, -0.15) is 5.26 Å². The fraction of sp³-hybridized carbons (Fsp3) is 0.238. The van der Waals surface area contributed by atoms with Crippen LogP contribution in [0.4, 0.5) is 0 Å². The number of carbonyl (C=O) groups is 1. The van der Waals surface area contributed by atoms with Gasteiger partial charge in [0.05, 0.1) is 20.8 Å². The molecule has 0 aliphatic heterocycles. The fourth-order valence-corrected chi connectivity index (χ4v) is 2.32. The molecule has 0 spiro atoms. The van der Waals surface area contributed by atoms with Crippen molar-refractivity contribution in [2.45, 2.75) is 0 Å². The van der Waals surface area contributed by atoms with Gasteiger partial charge < -0.3 is 24.3 Å². The molecule has 0 radical (unpaired) electrons. The lowest BCUT2D eigenvalue weighted by molar-refractivity contribution is -0.116. The van der Waals surface area contributed by atoms with Crippen molar-refractivity contribution in [1.29, 1.82) is 5.26 Å². The van der Waals surface area contributed by atoms with E-state index >= 15 is 0 Å². The van der Waals surface area contributed by atoms with E-state index in [1.54, 1.807) is 37.5 Å². The molecule has 0 fully saturated rings. The van der Waals surface area contributed by atoms with Crippen LogP contribution in [-0.2, 0) is 4.79 Å². The van der Waals surface area contributed by atoms with Crippen molar-refractivity contribution in [3.63, 3.8) is 0 Å². The molecule has 0 aliphatic rings. The van der Waals surface area contributed by atoms with Gasteiger partial charge in [0, 0.05) is 6.08 Å². The number of nitrogens with zero attached hydrogens (tertiary/aromatic N) is 1. The van der Waals surface area contributed by atoms with Gasteiger partial charge in [0.1, 0.15) is 12.7 Å². The highest BCUT2D eigenvalue weighted by molar-refractivity contribution is 5.91. The van der Waals surface area contributed by atoms with E-state index in [0.29, 0.717) is 36.1 Å². The Hall–Kier alpha value is -3.66. The van der Waals surface area contributed by atoms with Crippen molar-refractivity contribution in [3.05, 3.63) is 54.1 Å². The molecule has 1 amide bonds. The van der Waals surface area contributed by atoms with E-state index in [1.165, 1.54) is 13.2 Å². The molecule has 7 nitrogen and oxygen atoms in total. The molecule has 0 aromatic heterocycles. The molecule has 146 valence electrons. The average molecular weight is 382 g/mol. The fourth-order valence-electron chi connectivity index (χ4n) is 2.32. The van der Waals surface area contributed by atoms with E-state index in [2.05, 4.69) is 5.32 Å². The monoisotopic (exact) mass is 382 g/mol. The lowest BCUT2D eigenvalue weighted by Gasteiger charge is -2.10. The molecule has 0 bridgehead atoms. The standard InChI is InChI=1S/C21H22N2O5/c1-25-17-5-3-4-6-18(17)28-14-12-23-21(24)10-8-16-7-9-19(27-13-11-22)20(15-16)26-2/h3-10,15H,12-14H2,1-2H3,(H,23,24)/b10-8+. The number of ether oxygens (including phenoxy) is 4. The van der Waals surface area contributed by atoms with E-state index in [-0.39, 0.29) is 12.5 Å². The molecule has 0 heterocycles. The zero-order valence-electron chi connectivity index (χ0n) is 15.8. The van der Waals surface area contributed by atoms with Crippen LogP contribution in [0.25, 0.3) is 6.08 Å². The Bertz CT molecular complexity index is 858.